The number of carbonyl (C=O) groups excluding carboxylic acids is 1. The minimum Gasteiger partial charge on any atom is -0.462 e. The number of rotatable bonds is 5. The van der Waals surface area contributed by atoms with Gasteiger partial charge >= 0.3 is 5.97 Å². The highest BCUT2D eigenvalue weighted by molar-refractivity contribution is 5.88. The summed E-state index contributed by atoms with van der Waals surface area (Å²) in [5, 5.41) is 10.4. The van der Waals surface area contributed by atoms with Crippen molar-refractivity contribution in [2.45, 2.75) is 19.9 Å². The van der Waals surface area contributed by atoms with E-state index in [4.69, 9.17) is 10.00 Å². The Labute approximate surface area is 187 Å². The first kappa shape index (κ1) is 20.5. The summed E-state index contributed by atoms with van der Waals surface area (Å²) in [6.07, 6.45) is 6.40. The molecule has 164 valence electrons. The number of aromatic nitrogens is 3. The van der Waals surface area contributed by atoms with E-state index in [1.165, 1.54) is 10.9 Å². The predicted octanol–water partition coefficient (Wildman–Crippen LogP) is 2.73. The maximum Gasteiger partial charge on any atom is 0.341 e. The summed E-state index contributed by atoms with van der Waals surface area (Å²) in [5.41, 5.74) is 3.76. The van der Waals surface area contributed by atoms with Gasteiger partial charge in [-0.15, -0.1) is 0 Å². The summed E-state index contributed by atoms with van der Waals surface area (Å²) < 4.78 is 7.11. The second-order valence-electron chi connectivity index (χ2n) is 8.92. The zero-order chi connectivity index (χ0) is 22.3. The van der Waals surface area contributed by atoms with Crippen molar-refractivity contribution in [3.8, 4) is 6.07 Å². The molecule has 0 atom stereocenters. The van der Waals surface area contributed by atoms with E-state index in [1.54, 1.807) is 19.3 Å². The van der Waals surface area contributed by atoms with Crippen molar-refractivity contribution >= 4 is 22.8 Å². The number of hydrogen-bond donors (Lipinski definition) is 0. The fourth-order valence-corrected chi connectivity index (χ4v) is 5.09. The smallest absolute Gasteiger partial charge is 0.341 e. The molecule has 0 N–H and O–H groups in total. The molecule has 0 bridgehead atoms. The molecule has 32 heavy (non-hydrogen) atoms. The molecule has 2 aliphatic rings. The van der Waals surface area contributed by atoms with Crippen LogP contribution in [0.15, 0.2) is 36.8 Å². The molecule has 0 amide bonds. The number of carbonyl (C=O) groups is 1. The van der Waals surface area contributed by atoms with E-state index in [2.05, 4.69) is 42.7 Å². The summed E-state index contributed by atoms with van der Waals surface area (Å²) in [5.74, 6) is 0.291. The van der Waals surface area contributed by atoms with Gasteiger partial charge in [0, 0.05) is 74.7 Å². The van der Waals surface area contributed by atoms with Gasteiger partial charge in [-0.3, -0.25) is 4.90 Å². The average Bonchev–Trinajstić information content (AvgIpc) is 3.36. The van der Waals surface area contributed by atoms with Crippen LogP contribution >= 0.6 is 0 Å². The molecule has 2 aromatic heterocycles. The first-order valence-corrected chi connectivity index (χ1v) is 10.9. The Hall–Kier alpha value is -3.44. The van der Waals surface area contributed by atoms with Crippen molar-refractivity contribution in [3.63, 3.8) is 0 Å². The average molecular weight is 431 g/mol. The van der Waals surface area contributed by atoms with Crippen molar-refractivity contribution in [1.82, 2.24) is 19.4 Å². The maximum atomic E-state index is 11.8. The van der Waals surface area contributed by atoms with Gasteiger partial charge in [-0.2, -0.15) is 5.26 Å². The molecule has 4 heterocycles. The maximum absolute atomic E-state index is 11.8. The van der Waals surface area contributed by atoms with E-state index >= 15 is 0 Å². The molecular weight excluding hydrogens is 404 g/mol. The predicted molar refractivity (Wildman–Crippen MR) is 120 cm³/mol. The lowest BCUT2D eigenvalue weighted by atomic mass is 9.79. The number of ether oxygens (including phenoxy) is 1. The van der Waals surface area contributed by atoms with Crippen LogP contribution in [0.2, 0.25) is 0 Å². The summed E-state index contributed by atoms with van der Waals surface area (Å²) in [7, 11) is 2.03. The third-order valence-electron chi connectivity index (χ3n) is 6.58. The third-order valence-corrected chi connectivity index (χ3v) is 6.58. The van der Waals surface area contributed by atoms with Gasteiger partial charge in [-0.25, -0.2) is 14.8 Å². The Balaban J connectivity index is 1.21. The van der Waals surface area contributed by atoms with Crippen LogP contribution in [0.5, 0.6) is 0 Å². The molecule has 0 unspecified atom stereocenters. The van der Waals surface area contributed by atoms with E-state index < -0.39 is 0 Å². The van der Waals surface area contributed by atoms with Crippen LogP contribution in [0.25, 0.3) is 10.9 Å². The Kier molecular flexibility index (Phi) is 5.06. The van der Waals surface area contributed by atoms with Gasteiger partial charge in [0.1, 0.15) is 0 Å². The van der Waals surface area contributed by atoms with Gasteiger partial charge in [0.15, 0.2) is 0 Å². The lowest BCUT2D eigenvalue weighted by molar-refractivity contribution is 0.0119. The summed E-state index contributed by atoms with van der Waals surface area (Å²) >= 11 is 0. The second kappa shape index (κ2) is 7.92. The van der Waals surface area contributed by atoms with Gasteiger partial charge < -0.3 is 14.2 Å². The summed E-state index contributed by atoms with van der Waals surface area (Å²) in [4.78, 5) is 25.3. The largest absolute Gasteiger partial charge is 0.462 e. The number of likely N-dealkylation sites (tertiary alicyclic amines) is 1. The molecule has 3 aromatic rings. The highest BCUT2D eigenvalue weighted by atomic mass is 16.5. The molecule has 1 spiro atoms. The topological polar surface area (TPSA) is 87.3 Å². The first-order chi connectivity index (χ1) is 15.5. The van der Waals surface area contributed by atoms with Gasteiger partial charge in [-0.05, 0) is 31.0 Å². The quantitative estimate of drug-likeness (QED) is 0.575. The Morgan fingerprint density at radius 3 is 2.75 bits per heavy atom. The lowest BCUT2D eigenvalue weighted by Gasteiger charge is -2.48. The number of esters is 1. The molecule has 5 rings (SSSR count). The van der Waals surface area contributed by atoms with Crippen molar-refractivity contribution in [2.75, 3.05) is 37.7 Å². The number of benzene rings is 1. The number of nitrogens with zero attached hydrogens (tertiary/aromatic N) is 6. The first-order valence-electron chi connectivity index (χ1n) is 10.9. The molecule has 8 nitrogen and oxygen atoms in total. The third kappa shape index (κ3) is 3.59. The highest BCUT2D eigenvalue weighted by Crippen LogP contribution is 2.41. The Bertz CT molecular complexity index is 1200. The van der Waals surface area contributed by atoms with Crippen molar-refractivity contribution in [3.05, 3.63) is 53.5 Å². The fraction of sp³-hybridized carbons (Fsp3) is 0.417. The Morgan fingerprint density at radius 1 is 1.25 bits per heavy atom. The van der Waals surface area contributed by atoms with Gasteiger partial charge in [-0.1, -0.05) is 6.07 Å². The van der Waals surface area contributed by atoms with E-state index in [0.717, 1.165) is 44.7 Å². The summed E-state index contributed by atoms with van der Waals surface area (Å²) in [6.45, 7) is 7.00. The molecular formula is C24H26N6O2. The van der Waals surface area contributed by atoms with Crippen molar-refractivity contribution in [1.29, 1.82) is 5.26 Å². The standard InChI is InChI=1S/C24H26N6O2/c1-3-32-22(31)18-10-26-23(27-11-18)30-7-6-24(16-30)14-29(15-24)13-19-12-28(2)21-8-17(9-25)4-5-20(19)21/h4-5,8,10-12H,3,6-7,13-16H2,1-2H3. The highest BCUT2D eigenvalue weighted by Gasteiger charge is 2.48. The molecule has 0 radical (unpaired) electrons. The zero-order valence-corrected chi connectivity index (χ0v) is 18.4. The number of anilines is 1. The van der Waals surface area contributed by atoms with Crippen LogP contribution < -0.4 is 4.90 Å². The lowest BCUT2D eigenvalue weighted by Crippen LogP contribution is -2.56. The zero-order valence-electron chi connectivity index (χ0n) is 18.4. The minimum atomic E-state index is -0.385. The normalized spacial score (nSPS) is 17.5. The van der Waals surface area contributed by atoms with E-state index in [0.29, 0.717) is 23.7 Å². The van der Waals surface area contributed by atoms with Crippen LogP contribution in [0.1, 0.15) is 34.8 Å². The molecule has 2 saturated heterocycles. The molecule has 2 fully saturated rings. The number of aryl methyl sites for hydroxylation is 1. The van der Waals surface area contributed by atoms with Crippen LogP contribution in [-0.2, 0) is 18.3 Å². The van der Waals surface area contributed by atoms with Gasteiger partial charge in [0.05, 0.1) is 23.8 Å². The van der Waals surface area contributed by atoms with Crippen molar-refractivity contribution in [2.24, 2.45) is 12.5 Å². The second-order valence-corrected chi connectivity index (χ2v) is 8.92. The molecule has 2 aliphatic heterocycles. The van der Waals surface area contributed by atoms with E-state index in [1.807, 2.05) is 19.2 Å². The number of fused-ring (bicyclic) bond motifs is 1. The number of hydrogen-bond acceptors (Lipinski definition) is 7. The van der Waals surface area contributed by atoms with Crippen molar-refractivity contribution < 1.29 is 9.53 Å². The summed E-state index contributed by atoms with van der Waals surface area (Å²) in [6, 6.07) is 8.14. The van der Waals surface area contributed by atoms with Gasteiger partial charge in [0.25, 0.3) is 0 Å². The van der Waals surface area contributed by atoms with E-state index in [9.17, 15) is 4.79 Å². The molecule has 1 aromatic carbocycles. The molecule has 0 saturated carbocycles. The van der Waals surface area contributed by atoms with Crippen LogP contribution in [-0.4, -0.2) is 58.2 Å². The molecule has 8 heteroatoms. The Morgan fingerprint density at radius 2 is 2.03 bits per heavy atom. The SMILES string of the molecule is CCOC(=O)c1cnc(N2CCC3(CN(Cc4cn(C)c5cc(C#N)ccc45)C3)C2)nc1. The fourth-order valence-electron chi connectivity index (χ4n) is 5.09. The minimum absolute atomic E-state index is 0.279. The number of nitriles is 1. The van der Waals surface area contributed by atoms with Crippen LogP contribution in [0.3, 0.4) is 0 Å². The molecule has 0 aliphatic carbocycles. The van der Waals surface area contributed by atoms with Gasteiger partial charge in [0.2, 0.25) is 5.95 Å². The monoisotopic (exact) mass is 430 g/mol. The van der Waals surface area contributed by atoms with Crippen LogP contribution in [0.4, 0.5) is 5.95 Å². The van der Waals surface area contributed by atoms with E-state index in [-0.39, 0.29) is 11.4 Å². The van der Waals surface area contributed by atoms with Crippen LogP contribution in [0, 0.1) is 16.7 Å².